The number of halogens is 3. The Bertz CT molecular complexity index is 806. The highest BCUT2D eigenvalue weighted by molar-refractivity contribution is 5.86. The van der Waals surface area contributed by atoms with Gasteiger partial charge in [0.25, 0.3) is 5.91 Å². The number of hydrazone groups is 1. The van der Waals surface area contributed by atoms with E-state index in [-0.39, 0.29) is 12.2 Å². The number of benzene rings is 2. The van der Waals surface area contributed by atoms with Crippen molar-refractivity contribution in [3.05, 3.63) is 59.7 Å². The minimum Gasteiger partial charge on any atom is -0.485 e. The highest BCUT2D eigenvalue weighted by Crippen LogP contribution is 2.31. The number of hydrogen-bond donors (Lipinski definition) is 1. The first-order valence-corrected chi connectivity index (χ1v) is 7.33. The molecule has 8 heteroatoms. The first kappa shape index (κ1) is 16.8. The molecule has 3 rings (SSSR count). The van der Waals surface area contributed by atoms with Gasteiger partial charge in [0.2, 0.25) is 6.10 Å². The number of nitrogens with one attached hydrogen (secondary N) is 1. The van der Waals surface area contributed by atoms with Crippen molar-refractivity contribution >= 4 is 12.1 Å². The number of carbonyl (C=O) groups excluding carboxylic acids is 1. The van der Waals surface area contributed by atoms with Crippen LogP contribution < -0.4 is 14.9 Å². The molecule has 1 atom stereocenters. The van der Waals surface area contributed by atoms with E-state index in [1.165, 1.54) is 18.2 Å². The first-order valence-electron chi connectivity index (χ1n) is 7.33. The van der Waals surface area contributed by atoms with Crippen molar-refractivity contribution in [3.8, 4) is 11.5 Å². The molecule has 25 heavy (non-hydrogen) atoms. The number of rotatable bonds is 3. The summed E-state index contributed by atoms with van der Waals surface area (Å²) in [6.45, 7) is -0.0164. The predicted molar refractivity (Wildman–Crippen MR) is 83.5 cm³/mol. The SMILES string of the molecule is O=C(NN=Cc1ccccc1C(F)(F)F)C1COc2ccccc2O1. The summed E-state index contributed by atoms with van der Waals surface area (Å²) in [4.78, 5) is 12.0. The van der Waals surface area contributed by atoms with E-state index < -0.39 is 23.8 Å². The quantitative estimate of drug-likeness (QED) is 0.684. The van der Waals surface area contributed by atoms with Gasteiger partial charge in [-0.05, 0) is 18.2 Å². The van der Waals surface area contributed by atoms with E-state index in [1.807, 2.05) is 0 Å². The zero-order chi connectivity index (χ0) is 17.9. The Morgan fingerprint density at radius 2 is 1.80 bits per heavy atom. The summed E-state index contributed by atoms with van der Waals surface area (Å²) in [7, 11) is 0. The van der Waals surface area contributed by atoms with E-state index in [1.54, 1.807) is 24.3 Å². The van der Waals surface area contributed by atoms with Crippen LogP contribution in [0.5, 0.6) is 11.5 Å². The Balaban J connectivity index is 1.65. The molecule has 0 saturated heterocycles. The molecule has 1 aliphatic rings. The van der Waals surface area contributed by atoms with Crippen molar-refractivity contribution in [3.63, 3.8) is 0 Å². The van der Waals surface area contributed by atoms with Crippen molar-refractivity contribution in [1.82, 2.24) is 5.43 Å². The summed E-state index contributed by atoms with van der Waals surface area (Å²) in [6.07, 6.45) is -4.50. The summed E-state index contributed by atoms with van der Waals surface area (Å²) < 4.78 is 49.5. The number of ether oxygens (including phenoxy) is 2. The normalized spacial score (nSPS) is 16.7. The Morgan fingerprint density at radius 1 is 1.12 bits per heavy atom. The van der Waals surface area contributed by atoms with E-state index in [0.717, 1.165) is 12.3 Å². The summed E-state index contributed by atoms with van der Waals surface area (Å²) >= 11 is 0. The van der Waals surface area contributed by atoms with Gasteiger partial charge in [0, 0.05) is 5.56 Å². The van der Waals surface area contributed by atoms with Gasteiger partial charge in [0.05, 0.1) is 11.8 Å². The molecule has 0 aromatic heterocycles. The minimum atomic E-state index is -4.50. The van der Waals surface area contributed by atoms with E-state index in [9.17, 15) is 18.0 Å². The largest absolute Gasteiger partial charge is 0.485 e. The van der Waals surface area contributed by atoms with Gasteiger partial charge in [-0.1, -0.05) is 30.3 Å². The Labute approximate surface area is 141 Å². The lowest BCUT2D eigenvalue weighted by atomic mass is 10.1. The third-order valence-corrected chi connectivity index (χ3v) is 3.45. The van der Waals surface area contributed by atoms with Gasteiger partial charge in [0.15, 0.2) is 11.5 Å². The van der Waals surface area contributed by atoms with E-state index in [2.05, 4.69) is 10.5 Å². The number of alkyl halides is 3. The molecule has 1 amide bonds. The summed E-state index contributed by atoms with van der Waals surface area (Å²) in [5.74, 6) is 0.324. The van der Waals surface area contributed by atoms with Gasteiger partial charge < -0.3 is 9.47 Å². The maximum absolute atomic E-state index is 12.9. The molecule has 1 aliphatic heterocycles. The molecule has 1 heterocycles. The van der Waals surface area contributed by atoms with Crippen LogP contribution >= 0.6 is 0 Å². The van der Waals surface area contributed by atoms with Gasteiger partial charge in [-0.15, -0.1) is 0 Å². The number of amides is 1. The number of nitrogens with zero attached hydrogens (tertiary/aromatic N) is 1. The highest BCUT2D eigenvalue weighted by Gasteiger charge is 2.32. The van der Waals surface area contributed by atoms with Gasteiger partial charge >= 0.3 is 6.18 Å². The van der Waals surface area contributed by atoms with Crippen LogP contribution in [0.15, 0.2) is 53.6 Å². The van der Waals surface area contributed by atoms with Gasteiger partial charge in [0.1, 0.15) is 6.61 Å². The van der Waals surface area contributed by atoms with E-state index in [4.69, 9.17) is 9.47 Å². The van der Waals surface area contributed by atoms with Crippen LogP contribution in [0.3, 0.4) is 0 Å². The van der Waals surface area contributed by atoms with Crippen LogP contribution in [0.2, 0.25) is 0 Å². The fourth-order valence-electron chi connectivity index (χ4n) is 2.25. The molecule has 5 nitrogen and oxygen atoms in total. The van der Waals surface area contributed by atoms with Crippen LogP contribution in [-0.4, -0.2) is 24.8 Å². The first-order chi connectivity index (χ1) is 11.9. The minimum absolute atomic E-state index is 0.0164. The third kappa shape index (κ3) is 3.90. The Morgan fingerprint density at radius 3 is 2.56 bits per heavy atom. The fraction of sp³-hybridized carbons (Fsp3) is 0.176. The van der Waals surface area contributed by atoms with Crippen molar-refractivity contribution in [2.75, 3.05) is 6.61 Å². The molecular weight excluding hydrogens is 337 g/mol. The van der Waals surface area contributed by atoms with Crippen molar-refractivity contribution < 1.29 is 27.4 Å². The maximum atomic E-state index is 12.9. The van der Waals surface area contributed by atoms with Crippen molar-refractivity contribution in [2.24, 2.45) is 5.10 Å². The summed E-state index contributed by atoms with van der Waals surface area (Å²) in [5.41, 5.74) is 1.18. The summed E-state index contributed by atoms with van der Waals surface area (Å²) in [6, 6.07) is 11.8. The smallest absolute Gasteiger partial charge is 0.417 e. The second-order valence-electron chi connectivity index (χ2n) is 5.18. The zero-order valence-corrected chi connectivity index (χ0v) is 12.8. The maximum Gasteiger partial charge on any atom is 0.417 e. The highest BCUT2D eigenvalue weighted by atomic mass is 19.4. The zero-order valence-electron chi connectivity index (χ0n) is 12.8. The standard InChI is InChI=1S/C17H13F3N2O3/c18-17(19,20)12-6-2-1-5-11(12)9-21-22-16(23)15-10-24-13-7-3-4-8-14(13)25-15/h1-9,15H,10H2,(H,22,23). The van der Waals surface area contributed by atoms with E-state index in [0.29, 0.717) is 11.5 Å². The Hall–Kier alpha value is -3.03. The van der Waals surface area contributed by atoms with Gasteiger partial charge in [-0.25, -0.2) is 5.43 Å². The van der Waals surface area contributed by atoms with Crippen molar-refractivity contribution in [1.29, 1.82) is 0 Å². The van der Waals surface area contributed by atoms with Crippen LogP contribution in [0.4, 0.5) is 13.2 Å². The van der Waals surface area contributed by atoms with Crippen molar-refractivity contribution in [2.45, 2.75) is 12.3 Å². The molecule has 0 fully saturated rings. The molecule has 0 saturated carbocycles. The average molecular weight is 350 g/mol. The Kier molecular flexibility index (Phi) is 4.60. The molecule has 0 radical (unpaired) electrons. The van der Waals surface area contributed by atoms with Crippen LogP contribution in [-0.2, 0) is 11.0 Å². The van der Waals surface area contributed by atoms with Gasteiger partial charge in [-0.3, -0.25) is 4.79 Å². The lowest BCUT2D eigenvalue weighted by Gasteiger charge is -2.24. The average Bonchev–Trinajstić information content (AvgIpc) is 2.60. The topological polar surface area (TPSA) is 59.9 Å². The molecule has 0 spiro atoms. The fourth-order valence-corrected chi connectivity index (χ4v) is 2.25. The number of hydrogen-bond acceptors (Lipinski definition) is 4. The molecule has 1 N–H and O–H groups in total. The number of para-hydroxylation sites is 2. The predicted octanol–water partition coefficient (Wildman–Crippen LogP) is 3.00. The van der Waals surface area contributed by atoms with Gasteiger partial charge in [-0.2, -0.15) is 18.3 Å². The lowest BCUT2D eigenvalue weighted by Crippen LogP contribution is -2.42. The van der Waals surface area contributed by atoms with Crippen LogP contribution in [0, 0.1) is 0 Å². The third-order valence-electron chi connectivity index (χ3n) is 3.45. The van der Waals surface area contributed by atoms with Crippen LogP contribution in [0.25, 0.3) is 0 Å². The molecule has 0 aliphatic carbocycles. The second-order valence-corrected chi connectivity index (χ2v) is 5.18. The molecule has 1 unspecified atom stereocenters. The molecule has 130 valence electrons. The monoisotopic (exact) mass is 350 g/mol. The second kappa shape index (κ2) is 6.84. The summed E-state index contributed by atoms with van der Waals surface area (Å²) in [5, 5.41) is 3.59. The van der Waals surface area contributed by atoms with Crippen LogP contribution in [0.1, 0.15) is 11.1 Å². The van der Waals surface area contributed by atoms with E-state index >= 15 is 0 Å². The molecular formula is C17H13F3N2O3. The molecule has 0 bridgehead atoms. The lowest BCUT2D eigenvalue weighted by molar-refractivity contribution is -0.137. The molecule has 2 aromatic carbocycles. The molecule has 2 aromatic rings. The number of fused-ring (bicyclic) bond motifs is 1. The number of carbonyl (C=O) groups is 1.